The maximum absolute atomic E-state index is 3.44. The van der Waals surface area contributed by atoms with Gasteiger partial charge in [-0.15, -0.1) is 0 Å². The zero-order chi connectivity index (χ0) is 10.4. The molecule has 1 aliphatic rings. The largest absolute Gasteiger partial charge is 0.314 e. The van der Waals surface area contributed by atoms with Crippen LogP contribution in [-0.4, -0.2) is 12.6 Å². The summed E-state index contributed by atoms with van der Waals surface area (Å²) in [5, 5.41) is 3.44. The van der Waals surface area contributed by atoms with Gasteiger partial charge in [-0.3, -0.25) is 0 Å². The number of nitrogens with one attached hydrogen (secondary N) is 1. The lowest BCUT2D eigenvalue weighted by atomic mass is 9.81. The maximum atomic E-state index is 3.44. The van der Waals surface area contributed by atoms with Crippen LogP contribution in [0.3, 0.4) is 0 Å². The lowest BCUT2D eigenvalue weighted by Gasteiger charge is -2.25. The Bertz CT molecular complexity index is 178. The Morgan fingerprint density at radius 2 is 2.14 bits per heavy atom. The van der Waals surface area contributed by atoms with Gasteiger partial charge < -0.3 is 5.32 Å². The first kappa shape index (κ1) is 11.8. The Kier molecular flexibility index (Phi) is 5.24. The van der Waals surface area contributed by atoms with E-state index >= 15 is 0 Å². The van der Waals surface area contributed by atoms with E-state index in [9.17, 15) is 0 Å². The highest BCUT2D eigenvalue weighted by Crippen LogP contribution is 2.31. The highest BCUT2D eigenvalue weighted by Gasteiger charge is 2.16. The quantitative estimate of drug-likeness (QED) is 0.505. The summed E-state index contributed by atoms with van der Waals surface area (Å²) in [5.74, 6) is 1.02. The lowest BCUT2D eigenvalue weighted by molar-refractivity contribution is 0.313. The van der Waals surface area contributed by atoms with E-state index in [0.717, 1.165) is 12.5 Å². The molecule has 0 aromatic heterocycles. The predicted molar refractivity (Wildman–Crippen MR) is 63.5 cm³/mol. The summed E-state index contributed by atoms with van der Waals surface area (Å²) in [6.07, 6.45) is 9.35. The van der Waals surface area contributed by atoms with E-state index in [0.29, 0.717) is 6.04 Å². The van der Waals surface area contributed by atoms with Crippen molar-refractivity contribution in [3.63, 3.8) is 0 Å². The van der Waals surface area contributed by atoms with Crippen LogP contribution in [0.1, 0.15) is 52.9 Å². The zero-order valence-corrected chi connectivity index (χ0v) is 9.97. The molecule has 1 aliphatic carbocycles. The average molecular weight is 195 g/mol. The minimum atomic E-state index is 0.621. The van der Waals surface area contributed by atoms with E-state index < -0.39 is 0 Å². The summed E-state index contributed by atoms with van der Waals surface area (Å²) >= 11 is 0. The van der Waals surface area contributed by atoms with E-state index in [1.54, 1.807) is 5.57 Å². The summed E-state index contributed by atoms with van der Waals surface area (Å²) in [6.45, 7) is 7.81. The van der Waals surface area contributed by atoms with Gasteiger partial charge in [-0.1, -0.05) is 44.8 Å². The van der Waals surface area contributed by atoms with Crippen molar-refractivity contribution in [1.29, 1.82) is 0 Å². The fourth-order valence-electron chi connectivity index (χ4n) is 1.93. The van der Waals surface area contributed by atoms with Gasteiger partial charge in [-0.2, -0.15) is 0 Å². The van der Waals surface area contributed by atoms with Crippen LogP contribution in [0.25, 0.3) is 0 Å². The second-order valence-corrected chi connectivity index (χ2v) is 4.95. The molecule has 0 radical (unpaired) electrons. The van der Waals surface area contributed by atoms with Gasteiger partial charge in [-0.25, -0.2) is 0 Å². The van der Waals surface area contributed by atoms with Gasteiger partial charge in [0.25, 0.3) is 0 Å². The molecule has 1 saturated carbocycles. The van der Waals surface area contributed by atoms with Crippen molar-refractivity contribution in [1.82, 2.24) is 5.32 Å². The Labute approximate surface area is 89.0 Å². The number of hydrogen-bond acceptors (Lipinski definition) is 1. The third kappa shape index (κ3) is 4.80. The van der Waals surface area contributed by atoms with Crippen molar-refractivity contribution in [3.8, 4) is 0 Å². The van der Waals surface area contributed by atoms with Crippen molar-refractivity contribution in [2.45, 2.75) is 58.9 Å². The minimum Gasteiger partial charge on any atom is -0.314 e. The van der Waals surface area contributed by atoms with Gasteiger partial charge in [0.15, 0.2) is 0 Å². The van der Waals surface area contributed by atoms with E-state index in [4.69, 9.17) is 0 Å². The fraction of sp³-hybridized carbons (Fsp3) is 0.846. The molecule has 0 spiro atoms. The van der Waals surface area contributed by atoms with Crippen LogP contribution in [0, 0.1) is 5.92 Å². The first-order chi connectivity index (χ1) is 6.68. The Morgan fingerprint density at radius 3 is 2.64 bits per heavy atom. The minimum absolute atomic E-state index is 0.621. The van der Waals surface area contributed by atoms with Gasteiger partial charge in [-0.05, 0) is 32.2 Å². The SMILES string of the molecule is CC(=CCCNC(C)C)CC1CCC1. The molecule has 1 fully saturated rings. The van der Waals surface area contributed by atoms with E-state index in [2.05, 4.69) is 32.2 Å². The molecule has 1 nitrogen and oxygen atoms in total. The van der Waals surface area contributed by atoms with E-state index in [-0.39, 0.29) is 0 Å². The summed E-state index contributed by atoms with van der Waals surface area (Å²) in [5.41, 5.74) is 1.60. The van der Waals surface area contributed by atoms with Gasteiger partial charge in [0.1, 0.15) is 0 Å². The zero-order valence-electron chi connectivity index (χ0n) is 9.97. The molecular formula is C13H25N. The van der Waals surface area contributed by atoms with Crippen LogP contribution in [-0.2, 0) is 0 Å². The number of allylic oxidation sites excluding steroid dienone is 1. The molecule has 0 aromatic rings. The predicted octanol–water partition coefficient (Wildman–Crippen LogP) is 3.51. The smallest absolute Gasteiger partial charge is 0.00105 e. The molecule has 0 bridgehead atoms. The van der Waals surface area contributed by atoms with Crippen molar-refractivity contribution in [2.24, 2.45) is 5.92 Å². The van der Waals surface area contributed by atoms with Crippen LogP contribution in [0.4, 0.5) is 0 Å². The van der Waals surface area contributed by atoms with Gasteiger partial charge in [0, 0.05) is 6.04 Å². The molecule has 0 unspecified atom stereocenters. The van der Waals surface area contributed by atoms with Crippen LogP contribution in [0.5, 0.6) is 0 Å². The van der Waals surface area contributed by atoms with Crippen molar-refractivity contribution in [2.75, 3.05) is 6.54 Å². The molecule has 1 rings (SSSR count). The topological polar surface area (TPSA) is 12.0 Å². The summed E-state index contributed by atoms with van der Waals surface area (Å²) in [7, 11) is 0. The van der Waals surface area contributed by atoms with Crippen LogP contribution < -0.4 is 5.32 Å². The maximum Gasteiger partial charge on any atom is 0.00105 e. The Morgan fingerprint density at radius 1 is 1.43 bits per heavy atom. The first-order valence-corrected chi connectivity index (χ1v) is 6.07. The Balaban J connectivity index is 2.03. The van der Waals surface area contributed by atoms with Crippen molar-refractivity contribution in [3.05, 3.63) is 11.6 Å². The second kappa shape index (κ2) is 6.23. The summed E-state index contributed by atoms with van der Waals surface area (Å²) < 4.78 is 0. The van der Waals surface area contributed by atoms with Crippen LogP contribution in [0.15, 0.2) is 11.6 Å². The van der Waals surface area contributed by atoms with Gasteiger partial charge >= 0.3 is 0 Å². The van der Waals surface area contributed by atoms with Crippen LogP contribution in [0.2, 0.25) is 0 Å². The van der Waals surface area contributed by atoms with E-state index in [1.165, 1.54) is 32.1 Å². The normalized spacial score (nSPS) is 18.7. The standard InChI is InChI=1S/C13H25N/c1-11(2)14-9-5-6-12(3)10-13-7-4-8-13/h6,11,13-14H,4-5,7-10H2,1-3H3. The molecule has 14 heavy (non-hydrogen) atoms. The van der Waals surface area contributed by atoms with Gasteiger partial charge in [0.2, 0.25) is 0 Å². The molecule has 0 heterocycles. The molecule has 0 aliphatic heterocycles. The molecule has 0 amide bonds. The lowest BCUT2D eigenvalue weighted by Crippen LogP contribution is -2.23. The van der Waals surface area contributed by atoms with Crippen LogP contribution >= 0.6 is 0 Å². The number of rotatable bonds is 6. The Hall–Kier alpha value is -0.300. The third-order valence-electron chi connectivity index (χ3n) is 3.03. The fourth-order valence-corrected chi connectivity index (χ4v) is 1.93. The molecular weight excluding hydrogens is 170 g/mol. The molecule has 0 saturated heterocycles. The van der Waals surface area contributed by atoms with E-state index in [1.807, 2.05) is 0 Å². The monoisotopic (exact) mass is 195 g/mol. The van der Waals surface area contributed by atoms with Crippen molar-refractivity contribution >= 4 is 0 Å². The average Bonchev–Trinajstić information content (AvgIpc) is 2.05. The first-order valence-electron chi connectivity index (χ1n) is 6.07. The number of hydrogen-bond donors (Lipinski definition) is 1. The second-order valence-electron chi connectivity index (χ2n) is 4.95. The third-order valence-corrected chi connectivity index (χ3v) is 3.03. The van der Waals surface area contributed by atoms with Gasteiger partial charge in [0.05, 0.1) is 0 Å². The molecule has 0 aromatic carbocycles. The molecule has 1 N–H and O–H groups in total. The van der Waals surface area contributed by atoms with Crippen molar-refractivity contribution < 1.29 is 0 Å². The highest BCUT2D eigenvalue weighted by molar-refractivity contribution is 5.00. The summed E-state index contributed by atoms with van der Waals surface area (Å²) in [4.78, 5) is 0. The summed E-state index contributed by atoms with van der Waals surface area (Å²) in [6, 6.07) is 0.621. The molecule has 1 heteroatoms. The molecule has 0 atom stereocenters. The highest BCUT2D eigenvalue weighted by atomic mass is 14.9. The molecule has 82 valence electrons.